The molecule has 2 aromatic carbocycles. The van der Waals surface area contributed by atoms with Crippen LogP contribution in [0, 0.1) is 0 Å². The van der Waals surface area contributed by atoms with Crippen LogP contribution in [-0.4, -0.2) is 21.3 Å². The molecular weight excluding hydrogens is 304 g/mol. The minimum absolute atomic E-state index is 0.0960. The van der Waals surface area contributed by atoms with Gasteiger partial charge in [-0.05, 0) is 35.2 Å². The molecular formula is C19H24N2O3. The van der Waals surface area contributed by atoms with E-state index < -0.39 is 0 Å². The minimum atomic E-state index is 0.0960. The van der Waals surface area contributed by atoms with Gasteiger partial charge < -0.3 is 25.3 Å². The fourth-order valence-corrected chi connectivity index (χ4v) is 3.35. The summed E-state index contributed by atoms with van der Waals surface area (Å²) in [6, 6.07) is 12.7. The monoisotopic (exact) mass is 328 g/mol. The number of rotatable bonds is 6. The molecule has 5 nitrogen and oxygen atoms in total. The average molecular weight is 328 g/mol. The number of methoxy groups -OCH3 is 3. The molecule has 0 amide bonds. The lowest BCUT2D eigenvalue weighted by Gasteiger charge is -2.17. The summed E-state index contributed by atoms with van der Waals surface area (Å²) in [5.74, 6) is 1.94. The third-order valence-electron chi connectivity index (χ3n) is 4.54. The Balaban J connectivity index is 1.78. The van der Waals surface area contributed by atoms with Crippen LogP contribution >= 0.6 is 0 Å². The fourth-order valence-electron chi connectivity index (χ4n) is 3.35. The lowest BCUT2D eigenvalue weighted by molar-refractivity contribution is 0.323. The highest BCUT2D eigenvalue weighted by Crippen LogP contribution is 2.39. The van der Waals surface area contributed by atoms with Crippen molar-refractivity contribution in [3.63, 3.8) is 0 Å². The number of ether oxygens (including phenoxy) is 3. The Bertz CT molecular complexity index is 693. The highest BCUT2D eigenvalue weighted by Gasteiger charge is 2.27. The maximum absolute atomic E-state index is 6.24. The first kappa shape index (κ1) is 16.6. The van der Waals surface area contributed by atoms with Gasteiger partial charge in [0.05, 0.1) is 21.3 Å². The topological polar surface area (TPSA) is 65.7 Å². The SMILES string of the molecule is COc1cc(CNC2CC(N)c3ccccc32)cc(OC)c1OC. The molecule has 1 aliphatic rings. The highest BCUT2D eigenvalue weighted by molar-refractivity contribution is 5.53. The summed E-state index contributed by atoms with van der Waals surface area (Å²) in [6.45, 7) is 0.697. The molecule has 0 saturated heterocycles. The molecule has 3 rings (SSSR count). The Morgan fingerprint density at radius 1 is 1.00 bits per heavy atom. The van der Waals surface area contributed by atoms with Crippen molar-refractivity contribution in [2.45, 2.75) is 25.0 Å². The predicted molar refractivity (Wildman–Crippen MR) is 93.7 cm³/mol. The number of hydrogen-bond acceptors (Lipinski definition) is 5. The number of nitrogens with one attached hydrogen (secondary N) is 1. The standard InChI is InChI=1S/C19H24N2O3/c1-22-17-8-12(9-18(23-2)19(17)24-3)11-21-16-10-15(20)13-6-4-5-7-14(13)16/h4-9,15-16,21H,10-11,20H2,1-3H3. The third kappa shape index (κ3) is 3.05. The average Bonchev–Trinajstić information content (AvgIpc) is 2.95. The molecule has 5 heteroatoms. The second kappa shape index (κ2) is 7.11. The van der Waals surface area contributed by atoms with Crippen molar-refractivity contribution >= 4 is 0 Å². The normalized spacial score (nSPS) is 19.0. The highest BCUT2D eigenvalue weighted by atomic mass is 16.5. The Hall–Kier alpha value is -2.24. The van der Waals surface area contributed by atoms with Crippen LogP contribution in [-0.2, 0) is 6.54 Å². The van der Waals surface area contributed by atoms with E-state index >= 15 is 0 Å². The molecule has 0 fully saturated rings. The molecule has 1 aliphatic carbocycles. The lowest BCUT2D eigenvalue weighted by atomic mass is 10.1. The van der Waals surface area contributed by atoms with Crippen molar-refractivity contribution in [1.82, 2.24) is 5.32 Å². The molecule has 128 valence electrons. The van der Waals surface area contributed by atoms with E-state index in [1.165, 1.54) is 11.1 Å². The summed E-state index contributed by atoms with van der Waals surface area (Å²) in [5, 5.41) is 3.59. The summed E-state index contributed by atoms with van der Waals surface area (Å²) < 4.78 is 16.2. The lowest BCUT2D eigenvalue weighted by Crippen LogP contribution is -2.19. The van der Waals surface area contributed by atoms with Gasteiger partial charge in [0.15, 0.2) is 11.5 Å². The van der Waals surface area contributed by atoms with Gasteiger partial charge in [-0.1, -0.05) is 24.3 Å². The van der Waals surface area contributed by atoms with Gasteiger partial charge in [-0.3, -0.25) is 0 Å². The number of benzene rings is 2. The van der Waals surface area contributed by atoms with Crippen molar-refractivity contribution in [3.8, 4) is 17.2 Å². The van der Waals surface area contributed by atoms with Gasteiger partial charge in [0.2, 0.25) is 5.75 Å². The quantitative estimate of drug-likeness (QED) is 0.853. The predicted octanol–water partition coefficient (Wildman–Crippen LogP) is 2.95. The molecule has 2 unspecified atom stereocenters. The molecule has 0 bridgehead atoms. The maximum Gasteiger partial charge on any atom is 0.203 e. The summed E-state index contributed by atoms with van der Waals surface area (Å²) >= 11 is 0. The van der Waals surface area contributed by atoms with Crippen LogP contribution in [0.25, 0.3) is 0 Å². The number of nitrogens with two attached hydrogens (primary N) is 1. The van der Waals surface area contributed by atoms with E-state index in [1.54, 1.807) is 21.3 Å². The zero-order valence-electron chi connectivity index (χ0n) is 14.3. The van der Waals surface area contributed by atoms with Crippen LogP contribution in [0.3, 0.4) is 0 Å². The van der Waals surface area contributed by atoms with Crippen molar-refractivity contribution in [2.24, 2.45) is 5.73 Å². The molecule has 2 atom stereocenters. The van der Waals surface area contributed by atoms with Crippen LogP contribution in [0.5, 0.6) is 17.2 Å². The van der Waals surface area contributed by atoms with Crippen LogP contribution < -0.4 is 25.3 Å². The van der Waals surface area contributed by atoms with Gasteiger partial charge in [-0.2, -0.15) is 0 Å². The van der Waals surface area contributed by atoms with Crippen molar-refractivity contribution < 1.29 is 14.2 Å². The largest absolute Gasteiger partial charge is 0.493 e. The zero-order chi connectivity index (χ0) is 17.1. The van der Waals surface area contributed by atoms with E-state index in [2.05, 4.69) is 23.5 Å². The van der Waals surface area contributed by atoms with E-state index in [9.17, 15) is 0 Å². The molecule has 0 radical (unpaired) electrons. The molecule has 0 aliphatic heterocycles. The van der Waals surface area contributed by atoms with Gasteiger partial charge >= 0.3 is 0 Å². The third-order valence-corrected chi connectivity index (χ3v) is 4.54. The Morgan fingerprint density at radius 3 is 2.21 bits per heavy atom. The Labute approximate surface area is 142 Å². The molecule has 0 aromatic heterocycles. The Morgan fingerprint density at radius 2 is 1.62 bits per heavy atom. The summed E-state index contributed by atoms with van der Waals surface area (Å²) in [5.41, 5.74) is 9.84. The van der Waals surface area contributed by atoms with Gasteiger partial charge in [0, 0.05) is 18.6 Å². The molecule has 0 spiro atoms. The molecule has 24 heavy (non-hydrogen) atoms. The minimum Gasteiger partial charge on any atom is -0.493 e. The fraction of sp³-hybridized carbons (Fsp3) is 0.368. The molecule has 0 saturated carbocycles. The van der Waals surface area contributed by atoms with Gasteiger partial charge in [-0.25, -0.2) is 0 Å². The second-order valence-electron chi connectivity index (χ2n) is 5.94. The molecule has 3 N–H and O–H groups in total. The Kier molecular flexibility index (Phi) is 4.92. The van der Waals surface area contributed by atoms with Gasteiger partial charge in [0.1, 0.15) is 0 Å². The van der Waals surface area contributed by atoms with Crippen LogP contribution in [0.2, 0.25) is 0 Å². The van der Waals surface area contributed by atoms with Crippen LogP contribution in [0.1, 0.15) is 35.2 Å². The smallest absolute Gasteiger partial charge is 0.203 e. The van der Waals surface area contributed by atoms with Gasteiger partial charge in [0.25, 0.3) is 0 Å². The van der Waals surface area contributed by atoms with E-state index in [-0.39, 0.29) is 12.1 Å². The number of fused-ring (bicyclic) bond motifs is 1. The van der Waals surface area contributed by atoms with E-state index in [4.69, 9.17) is 19.9 Å². The van der Waals surface area contributed by atoms with Crippen molar-refractivity contribution in [2.75, 3.05) is 21.3 Å². The van der Waals surface area contributed by atoms with Crippen LogP contribution in [0.15, 0.2) is 36.4 Å². The summed E-state index contributed by atoms with van der Waals surface area (Å²) in [4.78, 5) is 0. The number of hydrogen-bond donors (Lipinski definition) is 2. The van der Waals surface area contributed by atoms with E-state index in [0.717, 1.165) is 12.0 Å². The molecule has 0 heterocycles. The van der Waals surface area contributed by atoms with Crippen LogP contribution in [0.4, 0.5) is 0 Å². The maximum atomic E-state index is 6.24. The van der Waals surface area contributed by atoms with Gasteiger partial charge in [-0.15, -0.1) is 0 Å². The van der Waals surface area contributed by atoms with E-state index in [1.807, 2.05) is 18.2 Å². The van der Waals surface area contributed by atoms with Crippen molar-refractivity contribution in [3.05, 3.63) is 53.1 Å². The second-order valence-corrected chi connectivity index (χ2v) is 5.94. The first-order valence-electron chi connectivity index (χ1n) is 8.04. The molecule has 2 aromatic rings. The summed E-state index contributed by atoms with van der Waals surface area (Å²) in [7, 11) is 4.86. The van der Waals surface area contributed by atoms with E-state index in [0.29, 0.717) is 23.8 Å². The first-order chi connectivity index (χ1) is 11.7. The van der Waals surface area contributed by atoms with Crippen molar-refractivity contribution in [1.29, 1.82) is 0 Å². The zero-order valence-corrected chi connectivity index (χ0v) is 14.3. The first-order valence-corrected chi connectivity index (χ1v) is 8.04. The summed E-state index contributed by atoms with van der Waals surface area (Å²) in [6.07, 6.45) is 0.907.